The molecule has 0 unspecified atom stereocenters. The number of rotatable bonds is 3. The predicted molar refractivity (Wildman–Crippen MR) is 92.9 cm³/mol. The standard InChI is InChI=1S/C18H25N3O3/c1-13-4-7-20(8-5-13)18-19-6-9-21(18)17(22)14-10-15(23-2)12-16(11-14)24-3/h10-13H,4-9H2,1-3H3. The Morgan fingerprint density at radius 2 is 1.71 bits per heavy atom. The fraction of sp³-hybridized carbons (Fsp3) is 0.556. The van der Waals surface area contributed by atoms with Gasteiger partial charge in [-0.1, -0.05) is 6.92 Å². The molecule has 2 heterocycles. The summed E-state index contributed by atoms with van der Waals surface area (Å²) >= 11 is 0. The zero-order valence-corrected chi connectivity index (χ0v) is 14.6. The first-order valence-electron chi connectivity index (χ1n) is 8.46. The van der Waals surface area contributed by atoms with Crippen LogP contribution in [0.2, 0.25) is 0 Å². The van der Waals surface area contributed by atoms with Gasteiger partial charge in [0.25, 0.3) is 5.91 Å². The Balaban J connectivity index is 1.80. The van der Waals surface area contributed by atoms with Crippen LogP contribution in [-0.2, 0) is 0 Å². The topological polar surface area (TPSA) is 54.4 Å². The summed E-state index contributed by atoms with van der Waals surface area (Å²) < 4.78 is 10.5. The zero-order valence-electron chi connectivity index (χ0n) is 14.6. The maximum Gasteiger partial charge on any atom is 0.260 e. The molecule has 2 aliphatic rings. The lowest BCUT2D eigenvalue weighted by molar-refractivity contribution is 0.0838. The van der Waals surface area contributed by atoms with Gasteiger partial charge < -0.3 is 14.4 Å². The predicted octanol–water partition coefficient (Wildman–Crippen LogP) is 2.25. The van der Waals surface area contributed by atoms with Gasteiger partial charge in [0.2, 0.25) is 5.96 Å². The summed E-state index contributed by atoms with van der Waals surface area (Å²) in [5.41, 5.74) is 0.561. The molecule has 6 nitrogen and oxygen atoms in total. The van der Waals surface area contributed by atoms with Crippen LogP contribution in [0.15, 0.2) is 23.2 Å². The van der Waals surface area contributed by atoms with Crippen molar-refractivity contribution in [1.29, 1.82) is 0 Å². The van der Waals surface area contributed by atoms with E-state index >= 15 is 0 Å². The molecule has 0 bridgehead atoms. The van der Waals surface area contributed by atoms with Gasteiger partial charge in [0.05, 0.1) is 20.8 Å². The molecule has 0 spiro atoms. The zero-order chi connectivity index (χ0) is 17.1. The average Bonchev–Trinajstić information content (AvgIpc) is 3.10. The normalized spacial score (nSPS) is 18.5. The molecule has 1 aromatic carbocycles. The summed E-state index contributed by atoms with van der Waals surface area (Å²) in [6.07, 6.45) is 2.29. The minimum atomic E-state index is -0.0536. The van der Waals surface area contributed by atoms with Crippen LogP contribution < -0.4 is 9.47 Å². The number of hydrogen-bond donors (Lipinski definition) is 0. The number of carbonyl (C=O) groups is 1. The van der Waals surface area contributed by atoms with Crippen LogP contribution in [0.1, 0.15) is 30.1 Å². The van der Waals surface area contributed by atoms with Gasteiger partial charge in [-0.2, -0.15) is 0 Å². The molecule has 1 fully saturated rings. The number of benzene rings is 1. The van der Waals surface area contributed by atoms with Crippen molar-refractivity contribution in [3.63, 3.8) is 0 Å². The van der Waals surface area contributed by atoms with Gasteiger partial charge in [-0.25, -0.2) is 0 Å². The van der Waals surface area contributed by atoms with E-state index in [-0.39, 0.29) is 5.91 Å². The molecule has 3 rings (SSSR count). The van der Waals surface area contributed by atoms with Crippen LogP contribution in [0.3, 0.4) is 0 Å². The van der Waals surface area contributed by atoms with E-state index in [2.05, 4.69) is 16.8 Å². The molecular formula is C18H25N3O3. The molecule has 0 N–H and O–H groups in total. The summed E-state index contributed by atoms with van der Waals surface area (Å²) in [5.74, 6) is 2.73. The summed E-state index contributed by atoms with van der Waals surface area (Å²) in [5, 5.41) is 0. The molecular weight excluding hydrogens is 306 g/mol. The highest BCUT2D eigenvalue weighted by atomic mass is 16.5. The number of ether oxygens (including phenoxy) is 2. The smallest absolute Gasteiger partial charge is 0.260 e. The maximum atomic E-state index is 13.0. The van der Waals surface area contributed by atoms with Gasteiger partial charge >= 0.3 is 0 Å². The van der Waals surface area contributed by atoms with Crippen molar-refractivity contribution >= 4 is 11.9 Å². The van der Waals surface area contributed by atoms with E-state index in [1.54, 1.807) is 37.3 Å². The van der Waals surface area contributed by atoms with E-state index in [1.807, 2.05) is 0 Å². The average molecular weight is 331 g/mol. The molecule has 24 heavy (non-hydrogen) atoms. The lowest BCUT2D eigenvalue weighted by atomic mass is 9.99. The number of hydrogen-bond acceptors (Lipinski definition) is 5. The third-order valence-electron chi connectivity index (χ3n) is 4.73. The lowest BCUT2D eigenvalue weighted by Gasteiger charge is -2.34. The fourth-order valence-electron chi connectivity index (χ4n) is 3.19. The summed E-state index contributed by atoms with van der Waals surface area (Å²) in [6, 6.07) is 5.26. The first-order valence-corrected chi connectivity index (χ1v) is 8.46. The van der Waals surface area contributed by atoms with E-state index in [9.17, 15) is 4.79 Å². The molecule has 130 valence electrons. The fourth-order valence-corrected chi connectivity index (χ4v) is 3.19. The van der Waals surface area contributed by atoms with Crippen molar-refractivity contribution in [2.24, 2.45) is 10.9 Å². The third kappa shape index (κ3) is 3.32. The summed E-state index contributed by atoms with van der Waals surface area (Å²) in [4.78, 5) is 21.6. The van der Waals surface area contributed by atoms with Gasteiger partial charge in [-0.3, -0.25) is 14.7 Å². The van der Waals surface area contributed by atoms with Crippen molar-refractivity contribution in [2.75, 3.05) is 40.4 Å². The molecule has 0 aliphatic carbocycles. The van der Waals surface area contributed by atoms with E-state index < -0.39 is 0 Å². The van der Waals surface area contributed by atoms with Gasteiger partial charge in [0.1, 0.15) is 11.5 Å². The second-order valence-corrected chi connectivity index (χ2v) is 6.41. The molecule has 1 saturated heterocycles. The minimum Gasteiger partial charge on any atom is -0.497 e. The van der Waals surface area contributed by atoms with Gasteiger partial charge in [-0.05, 0) is 30.9 Å². The van der Waals surface area contributed by atoms with Gasteiger partial charge in [0.15, 0.2) is 0 Å². The number of guanidine groups is 1. The monoisotopic (exact) mass is 331 g/mol. The lowest BCUT2D eigenvalue weighted by Crippen LogP contribution is -2.47. The molecule has 1 aromatic rings. The second-order valence-electron chi connectivity index (χ2n) is 6.41. The Morgan fingerprint density at radius 1 is 1.08 bits per heavy atom. The van der Waals surface area contributed by atoms with Crippen LogP contribution in [-0.4, -0.2) is 62.1 Å². The highest BCUT2D eigenvalue weighted by Crippen LogP contribution is 2.25. The maximum absolute atomic E-state index is 13.0. The summed E-state index contributed by atoms with van der Waals surface area (Å²) in [7, 11) is 3.17. The number of amides is 1. The van der Waals surface area contributed by atoms with Gasteiger partial charge in [0, 0.05) is 31.3 Å². The molecule has 2 aliphatic heterocycles. The highest BCUT2D eigenvalue weighted by molar-refractivity contribution is 6.06. The van der Waals surface area contributed by atoms with Crippen LogP contribution in [0.5, 0.6) is 11.5 Å². The molecule has 0 atom stereocenters. The number of nitrogens with zero attached hydrogens (tertiary/aromatic N) is 3. The summed E-state index contributed by atoms with van der Waals surface area (Å²) in [6.45, 7) is 5.49. The van der Waals surface area contributed by atoms with Gasteiger partial charge in [-0.15, -0.1) is 0 Å². The van der Waals surface area contributed by atoms with Crippen molar-refractivity contribution in [3.05, 3.63) is 23.8 Å². The first-order chi connectivity index (χ1) is 11.6. The largest absolute Gasteiger partial charge is 0.497 e. The van der Waals surface area contributed by atoms with E-state index in [1.165, 1.54) is 0 Å². The Labute approximate surface area is 143 Å². The highest BCUT2D eigenvalue weighted by Gasteiger charge is 2.31. The van der Waals surface area contributed by atoms with E-state index in [0.717, 1.165) is 37.8 Å². The third-order valence-corrected chi connectivity index (χ3v) is 4.73. The first kappa shape index (κ1) is 16.6. The molecule has 0 radical (unpaired) electrons. The number of methoxy groups -OCH3 is 2. The molecule has 1 amide bonds. The second kappa shape index (κ2) is 7.11. The Bertz CT molecular complexity index is 614. The van der Waals surface area contributed by atoms with Crippen LogP contribution in [0.4, 0.5) is 0 Å². The minimum absolute atomic E-state index is 0.0536. The van der Waals surface area contributed by atoms with Crippen molar-refractivity contribution in [3.8, 4) is 11.5 Å². The number of aliphatic imine (C=N–C) groups is 1. The van der Waals surface area contributed by atoms with Crippen molar-refractivity contribution in [2.45, 2.75) is 19.8 Å². The Hall–Kier alpha value is -2.24. The SMILES string of the molecule is COc1cc(OC)cc(C(=O)N2CCN=C2N2CCC(C)CC2)c1. The molecule has 6 heteroatoms. The van der Waals surface area contributed by atoms with Crippen LogP contribution in [0.25, 0.3) is 0 Å². The van der Waals surface area contributed by atoms with Crippen LogP contribution in [0, 0.1) is 5.92 Å². The van der Waals surface area contributed by atoms with Crippen LogP contribution >= 0.6 is 0 Å². The number of likely N-dealkylation sites (tertiary alicyclic amines) is 1. The molecule has 0 saturated carbocycles. The van der Waals surface area contributed by atoms with Crippen molar-refractivity contribution < 1.29 is 14.3 Å². The molecule has 0 aromatic heterocycles. The number of carbonyl (C=O) groups excluding carboxylic acids is 1. The Morgan fingerprint density at radius 3 is 2.29 bits per heavy atom. The Kier molecular flexibility index (Phi) is 4.92. The van der Waals surface area contributed by atoms with E-state index in [0.29, 0.717) is 30.2 Å². The van der Waals surface area contributed by atoms with Crippen molar-refractivity contribution in [1.82, 2.24) is 9.80 Å². The number of piperidine rings is 1. The van der Waals surface area contributed by atoms with E-state index in [4.69, 9.17) is 9.47 Å². The quantitative estimate of drug-likeness (QED) is 0.852.